The van der Waals surface area contributed by atoms with Crippen LogP contribution in [0.2, 0.25) is 0 Å². The van der Waals surface area contributed by atoms with Crippen LogP contribution in [0.15, 0.2) is 0 Å². The zero-order valence-electron chi connectivity index (χ0n) is 14.5. The van der Waals surface area contributed by atoms with Gasteiger partial charge in [0, 0.05) is 6.04 Å². The molecule has 0 aromatic carbocycles. The van der Waals surface area contributed by atoms with Crippen LogP contribution in [0.4, 0.5) is 0 Å². The fourth-order valence-corrected chi connectivity index (χ4v) is 3.25. The molecule has 1 aliphatic heterocycles. The summed E-state index contributed by atoms with van der Waals surface area (Å²) in [4.78, 5) is 27.4. The van der Waals surface area contributed by atoms with Gasteiger partial charge in [-0.1, -0.05) is 54.4 Å². The molecule has 1 saturated heterocycles. The number of nitrogens with one attached hydrogen (secondary N) is 1. The Bertz CT molecular complexity index is 368. The first-order valence-electron chi connectivity index (χ1n) is 8.51. The number of carbonyl (C=O) groups excluding carboxylic acids is 2. The SMILES string of the molecule is CCCC(CC)N1C(=O)C(C(C)CC)NC(=O)C1C(C)C. The summed E-state index contributed by atoms with van der Waals surface area (Å²) >= 11 is 0. The van der Waals surface area contributed by atoms with Gasteiger partial charge in [0.15, 0.2) is 0 Å². The average molecular weight is 296 g/mol. The third kappa shape index (κ3) is 3.78. The van der Waals surface area contributed by atoms with E-state index in [2.05, 4.69) is 26.1 Å². The van der Waals surface area contributed by atoms with Crippen LogP contribution in [0.3, 0.4) is 0 Å². The highest BCUT2D eigenvalue weighted by Gasteiger charge is 2.45. The Labute approximate surface area is 129 Å². The molecule has 4 heteroatoms. The molecule has 1 heterocycles. The lowest BCUT2D eigenvalue weighted by Crippen LogP contribution is -2.68. The molecule has 122 valence electrons. The Balaban J connectivity index is 3.13. The minimum absolute atomic E-state index is 0.0180. The van der Waals surface area contributed by atoms with Crippen molar-refractivity contribution in [1.82, 2.24) is 10.2 Å². The molecular weight excluding hydrogens is 264 g/mol. The van der Waals surface area contributed by atoms with Gasteiger partial charge >= 0.3 is 0 Å². The Morgan fingerprint density at radius 2 is 1.71 bits per heavy atom. The van der Waals surface area contributed by atoms with Crippen molar-refractivity contribution in [3.05, 3.63) is 0 Å². The summed E-state index contributed by atoms with van der Waals surface area (Å²) in [5.74, 6) is 0.446. The quantitative estimate of drug-likeness (QED) is 0.785. The first-order valence-corrected chi connectivity index (χ1v) is 8.51. The van der Waals surface area contributed by atoms with Crippen LogP contribution < -0.4 is 5.32 Å². The Hall–Kier alpha value is -1.06. The van der Waals surface area contributed by atoms with Crippen molar-refractivity contribution in [2.75, 3.05) is 0 Å². The molecule has 1 N–H and O–H groups in total. The Morgan fingerprint density at radius 3 is 2.14 bits per heavy atom. The van der Waals surface area contributed by atoms with E-state index in [9.17, 15) is 9.59 Å². The summed E-state index contributed by atoms with van der Waals surface area (Å²) in [6.07, 6.45) is 3.79. The lowest BCUT2D eigenvalue weighted by atomic mass is 9.88. The Kier molecular flexibility index (Phi) is 6.69. The third-order valence-corrected chi connectivity index (χ3v) is 4.72. The van der Waals surface area contributed by atoms with Crippen molar-refractivity contribution in [1.29, 1.82) is 0 Å². The summed E-state index contributed by atoms with van der Waals surface area (Å²) in [5.41, 5.74) is 0. The van der Waals surface area contributed by atoms with Crippen molar-refractivity contribution in [3.8, 4) is 0 Å². The van der Waals surface area contributed by atoms with Gasteiger partial charge in [-0.2, -0.15) is 0 Å². The van der Waals surface area contributed by atoms with Gasteiger partial charge in [-0.3, -0.25) is 9.59 Å². The van der Waals surface area contributed by atoms with Crippen LogP contribution in [-0.2, 0) is 9.59 Å². The van der Waals surface area contributed by atoms with E-state index < -0.39 is 0 Å². The highest BCUT2D eigenvalue weighted by molar-refractivity contribution is 5.97. The van der Waals surface area contributed by atoms with Gasteiger partial charge in [0.2, 0.25) is 11.8 Å². The van der Waals surface area contributed by atoms with E-state index in [0.717, 1.165) is 25.7 Å². The van der Waals surface area contributed by atoms with Crippen LogP contribution >= 0.6 is 0 Å². The van der Waals surface area contributed by atoms with E-state index in [1.807, 2.05) is 25.7 Å². The Morgan fingerprint density at radius 1 is 1.10 bits per heavy atom. The average Bonchev–Trinajstić information content (AvgIpc) is 2.45. The molecule has 1 aliphatic rings. The molecular formula is C17H32N2O2. The molecule has 4 nitrogen and oxygen atoms in total. The molecule has 4 unspecified atom stereocenters. The number of nitrogens with zero attached hydrogens (tertiary/aromatic N) is 1. The van der Waals surface area contributed by atoms with Crippen molar-refractivity contribution < 1.29 is 9.59 Å². The fourth-order valence-electron chi connectivity index (χ4n) is 3.25. The molecule has 1 rings (SSSR count). The predicted octanol–water partition coefficient (Wildman–Crippen LogP) is 2.96. The van der Waals surface area contributed by atoms with Gasteiger partial charge in [0.05, 0.1) is 0 Å². The summed E-state index contributed by atoms with van der Waals surface area (Å²) in [5, 5.41) is 2.97. The van der Waals surface area contributed by atoms with Crippen LogP contribution in [-0.4, -0.2) is 34.8 Å². The molecule has 0 aromatic rings. The van der Waals surface area contributed by atoms with E-state index in [4.69, 9.17) is 0 Å². The van der Waals surface area contributed by atoms with E-state index in [0.29, 0.717) is 0 Å². The molecule has 0 bridgehead atoms. The van der Waals surface area contributed by atoms with E-state index in [1.165, 1.54) is 0 Å². The molecule has 4 atom stereocenters. The molecule has 0 saturated carbocycles. The third-order valence-electron chi connectivity index (χ3n) is 4.72. The number of amides is 2. The maximum Gasteiger partial charge on any atom is 0.246 e. The zero-order chi connectivity index (χ0) is 16.2. The van der Waals surface area contributed by atoms with E-state index >= 15 is 0 Å². The molecule has 0 spiro atoms. The topological polar surface area (TPSA) is 49.4 Å². The van der Waals surface area contributed by atoms with Gasteiger partial charge in [-0.25, -0.2) is 0 Å². The molecule has 0 radical (unpaired) electrons. The monoisotopic (exact) mass is 296 g/mol. The second-order valence-corrected chi connectivity index (χ2v) is 6.66. The molecule has 2 amide bonds. The largest absolute Gasteiger partial charge is 0.342 e. The van der Waals surface area contributed by atoms with Crippen molar-refractivity contribution in [3.63, 3.8) is 0 Å². The number of hydrogen-bond acceptors (Lipinski definition) is 2. The fraction of sp³-hybridized carbons (Fsp3) is 0.882. The van der Waals surface area contributed by atoms with Crippen LogP contribution in [0.25, 0.3) is 0 Å². The smallest absolute Gasteiger partial charge is 0.246 e. The van der Waals surface area contributed by atoms with Crippen LogP contribution in [0.1, 0.15) is 67.2 Å². The molecule has 0 aromatic heterocycles. The summed E-state index contributed by atoms with van der Waals surface area (Å²) in [7, 11) is 0. The summed E-state index contributed by atoms with van der Waals surface area (Å²) in [6.45, 7) is 12.4. The lowest BCUT2D eigenvalue weighted by Gasteiger charge is -2.46. The first kappa shape index (κ1) is 18.0. The summed E-state index contributed by atoms with van der Waals surface area (Å²) < 4.78 is 0. The summed E-state index contributed by atoms with van der Waals surface area (Å²) in [6, 6.07) is -0.509. The highest BCUT2D eigenvalue weighted by atomic mass is 16.2. The van der Waals surface area contributed by atoms with Crippen molar-refractivity contribution >= 4 is 11.8 Å². The first-order chi connectivity index (χ1) is 9.88. The maximum absolute atomic E-state index is 13.0. The van der Waals surface area contributed by atoms with E-state index in [-0.39, 0.29) is 41.8 Å². The number of rotatable bonds is 7. The van der Waals surface area contributed by atoms with Gasteiger partial charge in [0.1, 0.15) is 12.1 Å². The molecule has 0 aliphatic carbocycles. The van der Waals surface area contributed by atoms with Gasteiger partial charge < -0.3 is 10.2 Å². The normalized spacial score (nSPS) is 26.0. The standard InChI is InChI=1S/C17H32N2O2/c1-7-10-13(9-3)19-15(11(4)5)16(20)18-14(17(19)21)12(6)8-2/h11-15H,7-10H2,1-6H3,(H,18,20). The number of hydrogen-bond donors (Lipinski definition) is 1. The molecule has 1 fully saturated rings. The minimum atomic E-state index is -0.358. The minimum Gasteiger partial charge on any atom is -0.342 e. The maximum atomic E-state index is 13.0. The number of carbonyl (C=O) groups is 2. The van der Waals surface area contributed by atoms with Gasteiger partial charge in [-0.15, -0.1) is 0 Å². The van der Waals surface area contributed by atoms with Crippen LogP contribution in [0, 0.1) is 11.8 Å². The number of piperazine rings is 1. The second kappa shape index (κ2) is 7.81. The molecule has 21 heavy (non-hydrogen) atoms. The zero-order valence-corrected chi connectivity index (χ0v) is 14.5. The van der Waals surface area contributed by atoms with Crippen molar-refractivity contribution in [2.45, 2.75) is 85.4 Å². The van der Waals surface area contributed by atoms with Gasteiger partial charge in [0.25, 0.3) is 0 Å². The highest BCUT2D eigenvalue weighted by Crippen LogP contribution is 2.26. The predicted molar refractivity (Wildman–Crippen MR) is 85.8 cm³/mol. The second-order valence-electron chi connectivity index (χ2n) is 6.66. The van der Waals surface area contributed by atoms with Gasteiger partial charge in [-0.05, 0) is 24.7 Å². The van der Waals surface area contributed by atoms with Crippen LogP contribution in [0.5, 0.6) is 0 Å². The van der Waals surface area contributed by atoms with E-state index in [1.54, 1.807) is 0 Å². The lowest BCUT2D eigenvalue weighted by molar-refractivity contribution is -0.156. The van der Waals surface area contributed by atoms with Crippen molar-refractivity contribution in [2.24, 2.45) is 11.8 Å².